The standard InChI is InChI=1S/C21H24BrClN4O2/c1-5-24-27(4)20(14(3)22)18-13-17(11-12-19(18)29-6-2)26-21(28)25-16-9-7-15(23)8-10-16/h5,7-13H,6H2,1-4H3,(H2,25,26,28)/b20-14+,24-5-. The number of hydrazone groups is 1. The van der Waals surface area contributed by atoms with Crippen molar-refractivity contribution in [1.82, 2.24) is 5.01 Å². The van der Waals surface area contributed by atoms with Crippen molar-refractivity contribution in [2.24, 2.45) is 5.10 Å². The number of hydrogen-bond donors (Lipinski definition) is 2. The van der Waals surface area contributed by atoms with Crippen LogP contribution in [0.5, 0.6) is 5.75 Å². The third kappa shape index (κ3) is 6.51. The molecule has 0 unspecified atom stereocenters. The molecule has 2 amide bonds. The summed E-state index contributed by atoms with van der Waals surface area (Å²) in [5.74, 6) is 0.697. The molecule has 0 saturated carbocycles. The molecule has 0 saturated heterocycles. The Morgan fingerprint density at radius 3 is 2.41 bits per heavy atom. The van der Waals surface area contributed by atoms with E-state index in [9.17, 15) is 4.79 Å². The van der Waals surface area contributed by atoms with E-state index in [-0.39, 0.29) is 6.03 Å². The van der Waals surface area contributed by atoms with Crippen molar-refractivity contribution in [3.8, 4) is 5.75 Å². The number of allylic oxidation sites excluding steroid dienone is 1. The first kappa shape index (κ1) is 22.8. The topological polar surface area (TPSA) is 66.0 Å². The smallest absolute Gasteiger partial charge is 0.323 e. The highest BCUT2D eigenvalue weighted by molar-refractivity contribution is 9.11. The lowest BCUT2D eigenvalue weighted by atomic mass is 10.1. The molecule has 154 valence electrons. The summed E-state index contributed by atoms with van der Waals surface area (Å²) in [5.41, 5.74) is 2.90. The number of nitrogens with zero attached hydrogens (tertiary/aromatic N) is 2. The van der Waals surface area contributed by atoms with Gasteiger partial charge in [-0.1, -0.05) is 27.5 Å². The summed E-state index contributed by atoms with van der Waals surface area (Å²) in [6, 6.07) is 12.0. The van der Waals surface area contributed by atoms with Crippen LogP contribution in [0.3, 0.4) is 0 Å². The minimum absolute atomic E-state index is 0.358. The van der Waals surface area contributed by atoms with Gasteiger partial charge in [-0.2, -0.15) is 5.10 Å². The Balaban J connectivity index is 2.32. The molecule has 8 heteroatoms. The van der Waals surface area contributed by atoms with Gasteiger partial charge in [-0.25, -0.2) is 4.79 Å². The fourth-order valence-electron chi connectivity index (χ4n) is 2.71. The Morgan fingerprint density at radius 1 is 1.21 bits per heavy atom. The Labute approximate surface area is 184 Å². The molecular formula is C21H24BrClN4O2. The third-order valence-corrected chi connectivity index (χ3v) is 4.46. The number of urea groups is 1. The normalized spacial score (nSPS) is 11.8. The molecule has 0 aromatic heterocycles. The van der Waals surface area contributed by atoms with E-state index >= 15 is 0 Å². The summed E-state index contributed by atoms with van der Waals surface area (Å²) in [7, 11) is 1.85. The number of rotatable bonds is 7. The Morgan fingerprint density at radius 2 is 1.83 bits per heavy atom. The lowest BCUT2D eigenvalue weighted by molar-refractivity contribution is 0.262. The highest BCUT2D eigenvalue weighted by Gasteiger charge is 2.17. The van der Waals surface area contributed by atoms with Crippen LogP contribution in [0.4, 0.5) is 16.2 Å². The van der Waals surface area contributed by atoms with E-state index in [0.29, 0.717) is 28.8 Å². The Bertz CT molecular complexity index is 909. The fourth-order valence-corrected chi connectivity index (χ4v) is 3.31. The average Bonchev–Trinajstić information content (AvgIpc) is 2.66. The molecule has 2 rings (SSSR count). The van der Waals surface area contributed by atoms with Crippen LogP contribution in [0, 0.1) is 0 Å². The molecule has 0 heterocycles. The quantitative estimate of drug-likeness (QED) is 0.356. The number of carbonyl (C=O) groups excluding carboxylic acids is 1. The van der Waals surface area contributed by atoms with Crippen LogP contribution in [-0.2, 0) is 0 Å². The van der Waals surface area contributed by atoms with Gasteiger partial charge in [0.05, 0.1) is 12.3 Å². The zero-order valence-electron chi connectivity index (χ0n) is 16.8. The summed E-state index contributed by atoms with van der Waals surface area (Å²) in [6.45, 7) is 6.22. The van der Waals surface area contributed by atoms with Gasteiger partial charge in [0.1, 0.15) is 5.75 Å². The molecule has 0 aliphatic heterocycles. The van der Waals surface area contributed by atoms with Gasteiger partial charge in [-0.15, -0.1) is 0 Å². The predicted molar refractivity (Wildman–Crippen MR) is 125 cm³/mol. The van der Waals surface area contributed by atoms with Crippen LogP contribution in [0.1, 0.15) is 26.3 Å². The van der Waals surface area contributed by atoms with Crippen molar-refractivity contribution >= 4 is 56.8 Å². The van der Waals surface area contributed by atoms with Crippen LogP contribution in [0.15, 0.2) is 52.0 Å². The second-order valence-corrected chi connectivity index (χ2v) is 7.64. The second kappa shape index (κ2) is 10.9. The minimum atomic E-state index is -0.358. The van der Waals surface area contributed by atoms with Crippen molar-refractivity contribution in [2.75, 3.05) is 24.3 Å². The molecule has 0 fully saturated rings. The van der Waals surface area contributed by atoms with E-state index in [1.54, 1.807) is 41.6 Å². The number of benzene rings is 2. The Kier molecular flexibility index (Phi) is 8.54. The molecule has 2 N–H and O–H groups in total. The summed E-state index contributed by atoms with van der Waals surface area (Å²) in [6.07, 6.45) is 1.71. The molecule has 0 radical (unpaired) electrons. The van der Waals surface area contributed by atoms with Crippen molar-refractivity contribution in [3.05, 3.63) is 57.5 Å². The van der Waals surface area contributed by atoms with Crippen molar-refractivity contribution in [1.29, 1.82) is 0 Å². The lowest BCUT2D eigenvalue weighted by Gasteiger charge is -2.22. The third-order valence-electron chi connectivity index (χ3n) is 3.83. The molecule has 0 aliphatic carbocycles. The number of carbonyl (C=O) groups is 1. The molecule has 0 atom stereocenters. The maximum Gasteiger partial charge on any atom is 0.323 e. The number of ether oxygens (including phenoxy) is 1. The van der Waals surface area contributed by atoms with Gasteiger partial charge in [0.15, 0.2) is 0 Å². The maximum absolute atomic E-state index is 12.4. The highest BCUT2D eigenvalue weighted by atomic mass is 79.9. The zero-order valence-corrected chi connectivity index (χ0v) is 19.1. The van der Waals surface area contributed by atoms with Gasteiger partial charge < -0.3 is 15.4 Å². The van der Waals surface area contributed by atoms with Gasteiger partial charge >= 0.3 is 6.03 Å². The van der Waals surface area contributed by atoms with Crippen molar-refractivity contribution in [2.45, 2.75) is 20.8 Å². The number of nitrogens with one attached hydrogen (secondary N) is 2. The first-order chi connectivity index (χ1) is 13.8. The van der Waals surface area contributed by atoms with Gasteiger partial charge in [0, 0.05) is 39.7 Å². The van der Waals surface area contributed by atoms with E-state index < -0.39 is 0 Å². The molecule has 0 bridgehead atoms. The van der Waals surface area contributed by atoms with E-state index in [2.05, 4.69) is 31.7 Å². The monoisotopic (exact) mass is 478 g/mol. The summed E-state index contributed by atoms with van der Waals surface area (Å²) in [4.78, 5) is 12.4. The van der Waals surface area contributed by atoms with Gasteiger partial charge in [-0.3, -0.25) is 5.01 Å². The van der Waals surface area contributed by atoms with E-state index in [4.69, 9.17) is 16.3 Å². The van der Waals surface area contributed by atoms with E-state index in [1.165, 1.54) is 0 Å². The van der Waals surface area contributed by atoms with Gasteiger partial charge in [0.2, 0.25) is 0 Å². The molecule has 29 heavy (non-hydrogen) atoms. The number of halogens is 2. The second-order valence-electron chi connectivity index (χ2n) is 6.01. The molecule has 6 nitrogen and oxygen atoms in total. The molecule has 2 aromatic carbocycles. The summed E-state index contributed by atoms with van der Waals surface area (Å²) in [5, 5.41) is 12.3. The molecule has 0 aliphatic rings. The predicted octanol–water partition coefficient (Wildman–Crippen LogP) is 6.40. The first-order valence-electron chi connectivity index (χ1n) is 9.05. The van der Waals surface area contributed by atoms with Gasteiger partial charge in [-0.05, 0) is 63.2 Å². The minimum Gasteiger partial charge on any atom is -0.493 e. The van der Waals surface area contributed by atoms with E-state index in [1.807, 2.05) is 40.0 Å². The number of amides is 2. The molecular weight excluding hydrogens is 456 g/mol. The average molecular weight is 480 g/mol. The maximum atomic E-state index is 12.4. The van der Waals surface area contributed by atoms with Crippen molar-refractivity contribution in [3.63, 3.8) is 0 Å². The van der Waals surface area contributed by atoms with Crippen LogP contribution in [-0.4, -0.2) is 30.9 Å². The van der Waals surface area contributed by atoms with E-state index in [0.717, 1.165) is 15.7 Å². The van der Waals surface area contributed by atoms with Crippen LogP contribution < -0.4 is 15.4 Å². The molecule has 2 aromatic rings. The summed E-state index contributed by atoms with van der Waals surface area (Å²) < 4.78 is 6.67. The van der Waals surface area contributed by atoms with Crippen LogP contribution in [0.25, 0.3) is 5.70 Å². The number of anilines is 2. The van der Waals surface area contributed by atoms with Crippen molar-refractivity contribution < 1.29 is 9.53 Å². The van der Waals surface area contributed by atoms with Gasteiger partial charge in [0.25, 0.3) is 0 Å². The lowest BCUT2D eigenvalue weighted by Crippen LogP contribution is -2.19. The SMILES string of the molecule is C/C=N\N(C)/C(=C(\C)Br)c1cc(NC(=O)Nc2ccc(Cl)cc2)ccc1OCC. The molecule has 0 spiro atoms. The summed E-state index contributed by atoms with van der Waals surface area (Å²) >= 11 is 9.43. The highest BCUT2D eigenvalue weighted by Crippen LogP contribution is 2.34. The fraction of sp³-hybridized carbons (Fsp3) is 0.238. The van der Waals surface area contributed by atoms with Crippen LogP contribution in [0.2, 0.25) is 5.02 Å². The Hall–Kier alpha value is -2.51. The first-order valence-corrected chi connectivity index (χ1v) is 10.2. The van der Waals surface area contributed by atoms with Crippen LogP contribution >= 0.6 is 27.5 Å². The largest absolute Gasteiger partial charge is 0.493 e. The zero-order chi connectivity index (χ0) is 21.4. The number of hydrogen-bond acceptors (Lipinski definition) is 4.